The van der Waals surface area contributed by atoms with Crippen LogP contribution in [0.2, 0.25) is 0 Å². The number of carbonyl (C=O) groups is 2. The highest BCUT2D eigenvalue weighted by Gasteiger charge is 2.30. The standard InChI is InChI=1S/C26H35N3O4S/c1-5-27-25(31)21-11-10-18(16-21)17-28-24(30)20-14-12-19(13-15-20)22-8-6-7-9-23(22)34(32,33)29-26(2,3)4/h6-9,12-15,18,21,29H,5,10-11,16-17H2,1-4H3,(H,27,31)(H,28,30)/t18-,21+/m1/s1. The fourth-order valence-corrected chi connectivity index (χ4v) is 6.00. The Kier molecular flexibility index (Phi) is 8.15. The molecule has 1 fully saturated rings. The van der Waals surface area contributed by atoms with Gasteiger partial charge in [-0.25, -0.2) is 13.1 Å². The van der Waals surface area contributed by atoms with E-state index in [1.165, 1.54) is 0 Å². The fourth-order valence-electron chi connectivity index (χ4n) is 4.35. The lowest BCUT2D eigenvalue weighted by molar-refractivity contribution is -0.124. The molecule has 2 amide bonds. The molecule has 1 saturated carbocycles. The molecule has 7 nitrogen and oxygen atoms in total. The highest BCUT2D eigenvalue weighted by atomic mass is 32.2. The highest BCUT2D eigenvalue weighted by molar-refractivity contribution is 7.89. The van der Waals surface area contributed by atoms with E-state index in [2.05, 4.69) is 15.4 Å². The van der Waals surface area contributed by atoms with Gasteiger partial charge in [-0.05, 0) is 76.6 Å². The zero-order valence-electron chi connectivity index (χ0n) is 20.4. The van der Waals surface area contributed by atoms with Crippen LogP contribution in [-0.2, 0) is 14.8 Å². The summed E-state index contributed by atoms with van der Waals surface area (Å²) >= 11 is 0. The van der Waals surface area contributed by atoms with Gasteiger partial charge in [-0.2, -0.15) is 0 Å². The number of sulfonamides is 1. The van der Waals surface area contributed by atoms with Crippen molar-refractivity contribution in [1.29, 1.82) is 0 Å². The van der Waals surface area contributed by atoms with Crippen molar-refractivity contribution in [2.75, 3.05) is 13.1 Å². The lowest BCUT2D eigenvalue weighted by Crippen LogP contribution is -2.40. The van der Waals surface area contributed by atoms with E-state index in [0.29, 0.717) is 35.7 Å². The van der Waals surface area contributed by atoms with Gasteiger partial charge < -0.3 is 10.6 Å². The van der Waals surface area contributed by atoms with Crippen LogP contribution in [0.15, 0.2) is 53.4 Å². The first-order valence-corrected chi connectivity index (χ1v) is 13.3. The molecule has 2 aromatic carbocycles. The third kappa shape index (κ3) is 6.67. The van der Waals surface area contributed by atoms with Gasteiger partial charge in [0.25, 0.3) is 5.91 Å². The quantitative estimate of drug-likeness (QED) is 0.530. The van der Waals surface area contributed by atoms with Gasteiger partial charge in [0.1, 0.15) is 0 Å². The van der Waals surface area contributed by atoms with E-state index < -0.39 is 15.6 Å². The smallest absolute Gasteiger partial charge is 0.251 e. The first-order valence-electron chi connectivity index (χ1n) is 11.8. The zero-order chi connectivity index (χ0) is 24.9. The van der Waals surface area contributed by atoms with Crippen LogP contribution in [0.3, 0.4) is 0 Å². The molecule has 0 saturated heterocycles. The molecule has 0 unspecified atom stereocenters. The summed E-state index contributed by atoms with van der Waals surface area (Å²) in [6.07, 6.45) is 2.57. The van der Waals surface area contributed by atoms with Crippen LogP contribution in [0.5, 0.6) is 0 Å². The Morgan fingerprint density at radius 1 is 0.971 bits per heavy atom. The molecule has 0 aromatic heterocycles. The molecule has 184 valence electrons. The van der Waals surface area contributed by atoms with Crippen LogP contribution in [-0.4, -0.2) is 38.9 Å². The number of amides is 2. The van der Waals surface area contributed by atoms with Crippen molar-refractivity contribution in [3.8, 4) is 11.1 Å². The van der Waals surface area contributed by atoms with Gasteiger partial charge >= 0.3 is 0 Å². The van der Waals surface area contributed by atoms with Crippen LogP contribution >= 0.6 is 0 Å². The van der Waals surface area contributed by atoms with Crippen LogP contribution in [0.25, 0.3) is 11.1 Å². The Morgan fingerprint density at radius 3 is 2.29 bits per heavy atom. The molecule has 2 aromatic rings. The van der Waals surface area contributed by atoms with Gasteiger partial charge in [0.2, 0.25) is 15.9 Å². The first kappa shape index (κ1) is 25.9. The Hall–Kier alpha value is -2.71. The molecule has 0 spiro atoms. The van der Waals surface area contributed by atoms with E-state index in [1.807, 2.05) is 6.92 Å². The molecule has 34 heavy (non-hydrogen) atoms. The predicted molar refractivity (Wildman–Crippen MR) is 134 cm³/mol. The summed E-state index contributed by atoms with van der Waals surface area (Å²) < 4.78 is 28.6. The van der Waals surface area contributed by atoms with Crippen LogP contribution in [0, 0.1) is 11.8 Å². The van der Waals surface area contributed by atoms with E-state index in [4.69, 9.17) is 0 Å². The maximum atomic E-state index is 12.9. The summed E-state index contributed by atoms with van der Waals surface area (Å²) in [4.78, 5) is 24.9. The van der Waals surface area contributed by atoms with Gasteiger partial charge in [-0.3, -0.25) is 9.59 Å². The Balaban J connectivity index is 1.66. The summed E-state index contributed by atoms with van der Waals surface area (Å²) in [6.45, 7) is 8.48. The van der Waals surface area contributed by atoms with Crippen molar-refractivity contribution in [1.82, 2.24) is 15.4 Å². The number of nitrogens with one attached hydrogen (secondary N) is 3. The van der Waals surface area contributed by atoms with E-state index in [-0.39, 0.29) is 22.6 Å². The minimum atomic E-state index is -3.71. The molecule has 1 aliphatic rings. The molecule has 0 radical (unpaired) electrons. The minimum absolute atomic E-state index is 0.0326. The summed E-state index contributed by atoms with van der Waals surface area (Å²) in [6, 6.07) is 13.8. The van der Waals surface area contributed by atoms with Crippen molar-refractivity contribution in [2.24, 2.45) is 11.8 Å². The Morgan fingerprint density at radius 2 is 1.65 bits per heavy atom. The van der Waals surface area contributed by atoms with Crippen molar-refractivity contribution < 1.29 is 18.0 Å². The number of hydrogen-bond donors (Lipinski definition) is 3. The van der Waals surface area contributed by atoms with E-state index in [9.17, 15) is 18.0 Å². The van der Waals surface area contributed by atoms with Crippen molar-refractivity contribution in [2.45, 2.75) is 57.4 Å². The van der Waals surface area contributed by atoms with Gasteiger partial charge in [0.05, 0.1) is 4.90 Å². The van der Waals surface area contributed by atoms with Gasteiger partial charge in [0.15, 0.2) is 0 Å². The number of benzene rings is 2. The second kappa shape index (κ2) is 10.7. The molecule has 0 bridgehead atoms. The molecule has 3 N–H and O–H groups in total. The van der Waals surface area contributed by atoms with E-state index >= 15 is 0 Å². The van der Waals surface area contributed by atoms with Crippen LogP contribution in [0.4, 0.5) is 0 Å². The van der Waals surface area contributed by atoms with E-state index in [0.717, 1.165) is 19.3 Å². The summed E-state index contributed by atoms with van der Waals surface area (Å²) in [5.74, 6) is 0.253. The third-order valence-corrected chi connectivity index (χ3v) is 7.71. The predicted octanol–water partition coefficient (Wildman–Crippen LogP) is 3.71. The maximum Gasteiger partial charge on any atom is 0.251 e. The number of rotatable bonds is 8. The summed E-state index contributed by atoms with van der Waals surface area (Å²) in [7, 11) is -3.71. The summed E-state index contributed by atoms with van der Waals surface area (Å²) in [5, 5.41) is 5.85. The molecular weight excluding hydrogens is 450 g/mol. The van der Waals surface area contributed by atoms with Gasteiger partial charge in [-0.15, -0.1) is 0 Å². The summed E-state index contributed by atoms with van der Waals surface area (Å²) in [5.41, 5.74) is 1.20. The van der Waals surface area contributed by atoms with Crippen molar-refractivity contribution in [3.63, 3.8) is 0 Å². The first-order chi connectivity index (χ1) is 16.0. The molecule has 8 heteroatoms. The maximum absolute atomic E-state index is 12.9. The average Bonchev–Trinajstić information content (AvgIpc) is 3.25. The lowest BCUT2D eigenvalue weighted by atomic mass is 10.0. The van der Waals surface area contributed by atoms with Gasteiger partial charge in [-0.1, -0.05) is 30.3 Å². The molecule has 2 atom stereocenters. The topological polar surface area (TPSA) is 104 Å². The average molecular weight is 486 g/mol. The Labute approximate surface area is 202 Å². The lowest BCUT2D eigenvalue weighted by Gasteiger charge is -2.21. The van der Waals surface area contributed by atoms with Gasteiger partial charge in [0, 0.05) is 35.7 Å². The molecule has 1 aliphatic carbocycles. The monoisotopic (exact) mass is 485 g/mol. The molecule has 0 aliphatic heterocycles. The second-order valence-corrected chi connectivity index (χ2v) is 11.6. The second-order valence-electron chi connectivity index (χ2n) is 9.91. The van der Waals surface area contributed by atoms with Crippen molar-refractivity contribution in [3.05, 3.63) is 54.1 Å². The van der Waals surface area contributed by atoms with Crippen molar-refractivity contribution >= 4 is 21.8 Å². The van der Waals surface area contributed by atoms with Crippen LogP contribution < -0.4 is 15.4 Å². The molecular formula is C26H35N3O4S. The molecule has 3 rings (SSSR count). The zero-order valence-corrected chi connectivity index (χ0v) is 21.2. The van der Waals surface area contributed by atoms with E-state index in [1.54, 1.807) is 69.3 Å². The third-order valence-electron chi connectivity index (χ3n) is 5.89. The minimum Gasteiger partial charge on any atom is -0.356 e. The number of carbonyl (C=O) groups excluding carboxylic acids is 2. The fraction of sp³-hybridized carbons (Fsp3) is 0.462. The Bertz CT molecular complexity index is 1120. The number of hydrogen-bond acceptors (Lipinski definition) is 4. The molecule has 0 heterocycles. The SMILES string of the molecule is CCNC(=O)[C@H]1CC[C@@H](CNC(=O)c2ccc(-c3ccccc3S(=O)(=O)NC(C)(C)C)cc2)C1. The normalized spacial score (nSPS) is 18.5. The largest absolute Gasteiger partial charge is 0.356 e. The van der Waals surface area contributed by atoms with Crippen LogP contribution in [0.1, 0.15) is 57.3 Å². The highest BCUT2D eigenvalue weighted by Crippen LogP contribution is 2.31.